The molecule has 1 aliphatic rings. The summed E-state index contributed by atoms with van der Waals surface area (Å²) in [4.78, 5) is 22.5. The van der Waals surface area contributed by atoms with E-state index < -0.39 is 0 Å². The van der Waals surface area contributed by atoms with Gasteiger partial charge in [0.2, 0.25) is 12.3 Å². The first-order valence-electron chi connectivity index (χ1n) is 3.69. The summed E-state index contributed by atoms with van der Waals surface area (Å²) in [5, 5.41) is 2.77. The lowest BCUT2D eigenvalue weighted by Crippen LogP contribution is -2.35. The summed E-state index contributed by atoms with van der Waals surface area (Å²) < 4.78 is 0. The minimum Gasteiger partial charge on any atom is -0.352 e. The van der Waals surface area contributed by atoms with Gasteiger partial charge < -0.3 is 10.2 Å². The van der Waals surface area contributed by atoms with Crippen LogP contribution >= 0.6 is 0 Å². The molecule has 1 saturated heterocycles. The molecule has 4 nitrogen and oxygen atoms in total. The Hall–Kier alpha value is -1.06. The summed E-state index contributed by atoms with van der Waals surface area (Å²) >= 11 is 0. The molecule has 2 amide bonds. The fraction of sp³-hybridized carbons (Fsp3) is 0.714. The van der Waals surface area contributed by atoms with Crippen LogP contribution in [0.5, 0.6) is 0 Å². The highest BCUT2D eigenvalue weighted by Crippen LogP contribution is 2.05. The number of carbonyl (C=O) groups is 2. The molecule has 0 bridgehead atoms. The third kappa shape index (κ3) is 2.22. The molecule has 0 spiro atoms. The lowest BCUT2D eigenvalue weighted by Gasteiger charge is -2.10. The zero-order valence-corrected chi connectivity index (χ0v) is 6.54. The number of likely N-dealkylation sites (tertiary alicyclic amines) is 1. The van der Waals surface area contributed by atoms with E-state index in [-0.39, 0.29) is 11.9 Å². The minimum atomic E-state index is -0.0252. The van der Waals surface area contributed by atoms with Crippen molar-refractivity contribution >= 4 is 12.3 Å². The smallest absolute Gasteiger partial charge is 0.217 e. The molecule has 11 heavy (non-hydrogen) atoms. The summed E-state index contributed by atoms with van der Waals surface area (Å²) in [6, 6.07) is 0.165. The molecule has 1 unspecified atom stereocenters. The molecule has 0 aromatic rings. The Morgan fingerprint density at radius 2 is 2.45 bits per heavy atom. The van der Waals surface area contributed by atoms with Crippen LogP contribution in [0.15, 0.2) is 0 Å². The van der Waals surface area contributed by atoms with Gasteiger partial charge in [0.25, 0.3) is 0 Å². The first-order valence-corrected chi connectivity index (χ1v) is 3.69. The van der Waals surface area contributed by atoms with Gasteiger partial charge in [-0.05, 0) is 6.42 Å². The predicted molar refractivity (Wildman–Crippen MR) is 39.9 cm³/mol. The van der Waals surface area contributed by atoms with Gasteiger partial charge in [-0.25, -0.2) is 0 Å². The van der Waals surface area contributed by atoms with Crippen LogP contribution in [0, 0.1) is 0 Å². The first-order chi connectivity index (χ1) is 5.22. The van der Waals surface area contributed by atoms with E-state index >= 15 is 0 Å². The van der Waals surface area contributed by atoms with E-state index in [1.165, 1.54) is 6.92 Å². The van der Waals surface area contributed by atoms with Crippen molar-refractivity contribution in [2.45, 2.75) is 19.4 Å². The second-order valence-corrected chi connectivity index (χ2v) is 2.79. The second kappa shape index (κ2) is 3.37. The molecule has 0 saturated carbocycles. The third-order valence-corrected chi connectivity index (χ3v) is 1.78. The highest BCUT2D eigenvalue weighted by molar-refractivity contribution is 5.73. The quantitative estimate of drug-likeness (QED) is 0.540. The van der Waals surface area contributed by atoms with Crippen LogP contribution in [0.1, 0.15) is 13.3 Å². The van der Waals surface area contributed by atoms with E-state index in [2.05, 4.69) is 5.32 Å². The van der Waals surface area contributed by atoms with Crippen molar-refractivity contribution in [3.05, 3.63) is 0 Å². The monoisotopic (exact) mass is 156 g/mol. The van der Waals surface area contributed by atoms with Gasteiger partial charge in [0, 0.05) is 26.1 Å². The van der Waals surface area contributed by atoms with Crippen LogP contribution in [0.3, 0.4) is 0 Å². The Morgan fingerprint density at radius 1 is 1.73 bits per heavy atom. The predicted octanol–water partition coefficient (Wildman–Crippen LogP) is -0.647. The normalized spacial score (nSPS) is 23.4. The van der Waals surface area contributed by atoms with Gasteiger partial charge in [-0.2, -0.15) is 0 Å². The molecule has 1 atom stereocenters. The topological polar surface area (TPSA) is 49.4 Å². The number of hydrogen-bond donors (Lipinski definition) is 1. The molecule has 1 fully saturated rings. The standard InChI is InChI=1S/C7H12N2O2/c1-6(11)8-7-2-3-9(4-7)5-10/h5,7H,2-4H2,1H3,(H,8,11). The number of hydrogen-bond acceptors (Lipinski definition) is 2. The van der Waals surface area contributed by atoms with E-state index in [0.29, 0.717) is 6.54 Å². The van der Waals surface area contributed by atoms with Gasteiger partial charge in [0.05, 0.1) is 0 Å². The van der Waals surface area contributed by atoms with Crippen LogP contribution < -0.4 is 5.32 Å². The molecule has 62 valence electrons. The van der Waals surface area contributed by atoms with Gasteiger partial charge in [0.15, 0.2) is 0 Å². The van der Waals surface area contributed by atoms with Gasteiger partial charge in [-0.15, -0.1) is 0 Å². The van der Waals surface area contributed by atoms with Crippen LogP contribution in [0.2, 0.25) is 0 Å². The SMILES string of the molecule is CC(=O)NC1CCN(C=O)C1. The van der Waals surface area contributed by atoms with Crippen LogP contribution in [-0.4, -0.2) is 36.3 Å². The Morgan fingerprint density at radius 3 is 2.91 bits per heavy atom. The minimum absolute atomic E-state index is 0.0252. The third-order valence-electron chi connectivity index (χ3n) is 1.78. The zero-order valence-electron chi connectivity index (χ0n) is 6.54. The molecule has 1 heterocycles. The van der Waals surface area contributed by atoms with E-state index in [9.17, 15) is 9.59 Å². The van der Waals surface area contributed by atoms with E-state index in [4.69, 9.17) is 0 Å². The average molecular weight is 156 g/mol. The lowest BCUT2D eigenvalue weighted by molar-refractivity contribution is -0.120. The summed E-state index contributed by atoms with van der Waals surface area (Å²) in [6.45, 7) is 2.90. The number of carbonyl (C=O) groups excluding carboxylic acids is 2. The summed E-state index contributed by atoms with van der Waals surface area (Å²) in [5.41, 5.74) is 0. The molecular weight excluding hydrogens is 144 g/mol. The van der Waals surface area contributed by atoms with Crippen molar-refractivity contribution in [3.8, 4) is 0 Å². The average Bonchev–Trinajstić information content (AvgIpc) is 2.34. The second-order valence-electron chi connectivity index (χ2n) is 2.79. The molecule has 0 aromatic heterocycles. The summed E-state index contributed by atoms with van der Waals surface area (Å²) in [7, 11) is 0. The fourth-order valence-corrected chi connectivity index (χ4v) is 1.29. The van der Waals surface area contributed by atoms with E-state index in [0.717, 1.165) is 19.4 Å². The first kappa shape index (κ1) is 8.04. The summed E-state index contributed by atoms with van der Waals surface area (Å²) in [6.07, 6.45) is 1.69. The Kier molecular flexibility index (Phi) is 2.46. The molecule has 0 aliphatic carbocycles. The lowest BCUT2D eigenvalue weighted by atomic mass is 10.3. The van der Waals surface area contributed by atoms with Crippen molar-refractivity contribution < 1.29 is 9.59 Å². The van der Waals surface area contributed by atoms with Crippen molar-refractivity contribution in [2.24, 2.45) is 0 Å². The molecule has 1 rings (SSSR count). The van der Waals surface area contributed by atoms with Gasteiger partial charge >= 0.3 is 0 Å². The molecule has 4 heteroatoms. The Balaban J connectivity index is 2.29. The number of amides is 2. The highest BCUT2D eigenvalue weighted by atomic mass is 16.1. The van der Waals surface area contributed by atoms with Gasteiger partial charge in [-0.1, -0.05) is 0 Å². The Bertz CT molecular complexity index is 170. The summed E-state index contributed by atoms with van der Waals surface area (Å²) in [5.74, 6) is -0.0252. The van der Waals surface area contributed by atoms with Crippen molar-refractivity contribution in [1.82, 2.24) is 10.2 Å². The van der Waals surface area contributed by atoms with E-state index in [1.54, 1.807) is 4.90 Å². The van der Waals surface area contributed by atoms with Crippen LogP contribution in [0.4, 0.5) is 0 Å². The fourth-order valence-electron chi connectivity index (χ4n) is 1.29. The maximum atomic E-state index is 10.6. The maximum absolute atomic E-state index is 10.6. The van der Waals surface area contributed by atoms with Crippen molar-refractivity contribution in [3.63, 3.8) is 0 Å². The number of rotatable bonds is 2. The van der Waals surface area contributed by atoms with E-state index in [1.807, 2.05) is 0 Å². The highest BCUT2D eigenvalue weighted by Gasteiger charge is 2.20. The van der Waals surface area contributed by atoms with Gasteiger partial charge in [0.1, 0.15) is 0 Å². The zero-order chi connectivity index (χ0) is 8.27. The van der Waals surface area contributed by atoms with Crippen LogP contribution in [0.25, 0.3) is 0 Å². The maximum Gasteiger partial charge on any atom is 0.217 e. The van der Waals surface area contributed by atoms with Gasteiger partial charge in [-0.3, -0.25) is 9.59 Å². The molecule has 1 aliphatic heterocycles. The molecule has 0 radical (unpaired) electrons. The number of nitrogens with one attached hydrogen (secondary N) is 1. The van der Waals surface area contributed by atoms with Crippen molar-refractivity contribution in [1.29, 1.82) is 0 Å². The Labute approximate surface area is 65.6 Å². The van der Waals surface area contributed by atoms with Crippen molar-refractivity contribution in [2.75, 3.05) is 13.1 Å². The largest absolute Gasteiger partial charge is 0.352 e. The molecule has 1 N–H and O–H groups in total. The molecular formula is C7H12N2O2. The molecule has 0 aromatic carbocycles. The number of nitrogens with zero attached hydrogens (tertiary/aromatic N) is 1. The van der Waals surface area contributed by atoms with Crippen LogP contribution in [-0.2, 0) is 9.59 Å².